The van der Waals surface area contributed by atoms with E-state index in [1.807, 2.05) is 32.2 Å². The Balaban J connectivity index is 2.74. The van der Waals surface area contributed by atoms with E-state index in [1.54, 1.807) is 0 Å². The number of aldehydes is 1. The van der Waals surface area contributed by atoms with Gasteiger partial charge in [-0.15, -0.1) is 0 Å². The first kappa shape index (κ1) is 8.91. The van der Waals surface area contributed by atoms with E-state index in [9.17, 15) is 4.79 Å². The minimum absolute atomic E-state index is 0.288. The van der Waals surface area contributed by atoms with Gasteiger partial charge in [-0.25, -0.2) is 0 Å². The van der Waals surface area contributed by atoms with Crippen LogP contribution in [-0.4, -0.2) is 11.3 Å². The van der Waals surface area contributed by atoms with Crippen molar-refractivity contribution in [2.75, 3.05) is 0 Å². The molecule has 2 heteroatoms. The fraction of sp³-hybridized carbons (Fsp3) is 0.400. The van der Waals surface area contributed by atoms with Crippen molar-refractivity contribution in [3.63, 3.8) is 0 Å². The molecule has 1 heterocycles. The minimum Gasteiger partial charge on any atom is -0.303 e. The van der Waals surface area contributed by atoms with Crippen molar-refractivity contribution >= 4 is 6.29 Å². The smallest absolute Gasteiger partial charge is 0.120 e. The Morgan fingerprint density at radius 1 is 1.58 bits per heavy atom. The first-order valence-electron chi connectivity index (χ1n) is 4.10. The number of hydrogen-bond acceptors (Lipinski definition) is 2. The Labute approximate surface area is 72.6 Å². The molecule has 0 saturated carbocycles. The monoisotopic (exact) mass is 163 g/mol. The van der Waals surface area contributed by atoms with E-state index in [0.717, 1.165) is 17.5 Å². The van der Waals surface area contributed by atoms with E-state index >= 15 is 0 Å². The van der Waals surface area contributed by atoms with Crippen molar-refractivity contribution in [2.45, 2.75) is 26.2 Å². The van der Waals surface area contributed by atoms with Gasteiger partial charge in [-0.05, 0) is 24.5 Å². The highest BCUT2D eigenvalue weighted by atomic mass is 16.1. The zero-order valence-electron chi connectivity index (χ0n) is 7.45. The summed E-state index contributed by atoms with van der Waals surface area (Å²) < 4.78 is 0. The van der Waals surface area contributed by atoms with Crippen molar-refractivity contribution in [1.82, 2.24) is 4.98 Å². The Bertz CT molecular complexity index is 253. The Morgan fingerprint density at radius 2 is 2.33 bits per heavy atom. The number of carbonyl (C=O) groups excluding carboxylic acids is 1. The van der Waals surface area contributed by atoms with Gasteiger partial charge in [0, 0.05) is 18.3 Å². The van der Waals surface area contributed by atoms with Gasteiger partial charge in [-0.3, -0.25) is 4.98 Å². The van der Waals surface area contributed by atoms with E-state index in [1.165, 1.54) is 0 Å². The lowest BCUT2D eigenvalue weighted by Crippen LogP contribution is -1.95. The normalized spacial score (nSPS) is 12.5. The molecule has 0 spiro atoms. The number of nitrogens with zero attached hydrogens (tertiary/aromatic N) is 1. The van der Waals surface area contributed by atoms with E-state index in [-0.39, 0.29) is 5.92 Å². The topological polar surface area (TPSA) is 30.0 Å². The van der Waals surface area contributed by atoms with Gasteiger partial charge in [0.2, 0.25) is 0 Å². The van der Waals surface area contributed by atoms with E-state index in [0.29, 0.717) is 6.42 Å². The van der Waals surface area contributed by atoms with Crippen LogP contribution in [0.4, 0.5) is 0 Å². The fourth-order valence-corrected chi connectivity index (χ4v) is 1.05. The lowest BCUT2D eigenvalue weighted by atomic mass is 10.0. The lowest BCUT2D eigenvalue weighted by molar-refractivity contribution is -0.108. The minimum atomic E-state index is 0.288. The molecular formula is C10H13NO. The second-order valence-corrected chi connectivity index (χ2v) is 3.04. The van der Waals surface area contributed by atoms with Crippen molar-refractivity contribution < 1.29 is 4.79 Å². The van der Waals surface area contributed by atoms with Gasteiger partial charge in [0.1, 0.15) is 6.29 Å². The average molecular weight is 163 g/mol. The zero-order valence-corrected chi connectivity index (χ0v) is 7.45. The van der Waals surface area contributed by atoms with Crippen LogP contribution in [0.25, 0.3) is 0 Å². The lowest BCUT2D eigenvalue weighted by Gasteiger charge is -2.06. The fourth-order valence-electron chi connectivity index (χ4n) is 1.05. The standard InChI is InChI=1S/C10H13NO/c1-8(5-6-12)10-4-3-9(2)11-7-10/h3-4,6-8H,5H2,1-2H3. The molecule has 0 aliphatic carbocycles. The summed E-state index contributed by atoms with van der Waals surface area (Å²) in [5.41, 5.74) is 2.14. The van der Waals surface area contributed by atoms with Gasteiger partial charge >= 0.3 is 0 Å². The van der Waals surface area contributed by atoms with Gasteiger partial charge in [-0.2, -0.15) is 0 Å². The molecule has 0 N–H and O–H groups in total. The largest absolute Gasteiger partial charge is 0.303 e. The summed E-state index contributed by atoms with van der Waals surface area (Å²) in [4.78, 5) is 14.4. The van der Waals surface area contributed by atoms with E-state index in [4.69, 9.17) is 0 Å². The maximum Gasteiger partial charge on any atom is 0.120 e. The summed E-state index contributed by atoms with van der Waals surface area (Å²) in [6.07, 6.45) is 3.36. The maximum atomic E-state index is 10.2. The summed E-state index contributed by atoms with van der Waals surface area (Å²) >= 11 is 0. The summed E-state index contributed by atoms with van der Waals surface area (Å²) in [5.74, 6) is 0.288. The molecule has 1 aromatic rings. The van der Waals surface area contributed by atoms with E-state index in [2.05, 4.69) is 4.98 Å². The number of rotatable bonds is 3. The number of aryl methyl sites for hydroxylation is 1. The average Bonchev–Trinajstić information content (AvgIpc) is 2.06. The molecule has 64 valence electrons. The molecule has 2 nitrogen and oxygen atoms in total. The van der Waals surface area contributed by atoms with Crippen LogP contribution in [0.2, 0.25) is 0 Å². The van der Waals surface area contributed by atoms with E-state index < -0.39 is 0 Å². The second kappa shape index (κ2) is 4.00. The predicted molar refractivity (Wildman–Crippen MR) is 48.1 cm³/mol. The highest BCUT2D eigenvalue weighted by molar-refractivity contribution is 5.51. The third-order valence-corrected chi connectivity index (χ3v) is 1.95. The van der Waals surface area contributed by atoms with Crippen LogP contribution < -0.4 is 0 Å². The Hall–Kier alpha value is -1.18. The number of hydrogen-bond donors (Lipinski definition) is 0. The van der Waals surface area contributed by atoms with Gasteiger partial charge in [-0.1, -0.05) is 13.0 Å². The molecule has 0 bridgehead atoms. The van der Waals surface area contributed by atoms with Crippen molar-refractivity contribution in [3.05, 3.63) is 29.6 Å². The molecular weight excluding hydrogens is 150 g/mol. The molecule has 12 heavy (non-hydrogen) atoms. The molecule has 0 fully saturated rings. The Kier molecular flexibility index (Phi) is 2.97. The summed E-state index contributed by atoms with van der Waals surface area (Å²) in [6.45, 7) is 3.98. The third kappa shape index (κ3) is 2.16. The van der Waals surface area contributed by atoms with Crippen LogP contribution in [0.15, 0.2) is 18.3 Å². The second-order valence-electron chi connectivity index (χ2n) is 3.04. The summed E-state index contributed by atoms with van der Waals surface area (Å²) in [7, 11) is 0. The molecule has 1 rings (SSSR count). The van der Waals surface area contributed by atoms with Crippen LogP contribution in [-0.2, 0) is 4.79 Å². The molecule has 0 aliphatic rings. The van der Waals surface area contributed by atoms with Crippen LogP contribution in [0.1, 0.15) is 30.5 Å². The quantitative estimate of drug-likeness (QED) is 0.638. The molecule has 1 aromatic heterocycles. The maximum absolute atomic E-state index is 10.2. The molecule has 0 amide bonds. The van der Waals surface area contributed by atoms with Crippen LogP contribution in [0, 0.1) is 6.92 Å². The first-order valence-corrected chi connectivity index (χ1v) is 4.10. The van der Waals surface area contributed by atoms with Gasteiger partial charge in [0.15, 0.2) is 0 Å². The van der Waals surface area contributed by atoms with Crippen LogP contribution >= 0.6 is 0 Å². The zero-order chi connectivity index (χ0) is 8.97. The number of carbonyl (C=O) groups is 1. The third-order valence-electron chi connectivity index (χ3n) is 1.95. The molecule has 0 aromatic carbocycles. The van der Waals surface area contributed by atoms with Gasteiger partial charge < -0.3 is 4.79 Å². The summed E-state index contributed by atoms with van der Waals surface area (Å²) in [6, 6.07) is 3.99. The summed E-state index contributed by atoms with van der Waals surface area (Å²) in [5, 5.41) is 0. The SMILES string of the molecule is Cc1ccc(C(C)CC=O)cn1. The molecule has 0 aliphatic heterocycles. The number of aromatic nitrogens is 1. The van der Waals surface area contributed by atoms with Crippen molar-refractivity contribution in [1.29, 1.82) is 0 Å². The van der Waals surface area contributed by atoms with Crippen molar-refractivity contribution in [3.8, 4) is 0 Å². The van der Waals surface area contributed by atoms with Crippen LogP contribution in [0.5, 0.6) is 0 Å². The number of pyridine rings is 1. The molecule has 1 unspecified atom stereocenters. The molecule has 1 atom stereocenters. The highest BCUT2D eigenvalue weighted by Crippen LogP contribution is 2.16. The molecule has 0 radical (unpaired) electrons. The van der Waals surface area contributed by atoms with Crippen molar-refractivity contribution in [2.24, 2.45) is 0 Å². The van der Waals surface area contributed by atoms with Gasteiger partial charge in [0.25, 0.3) is 0 Å². The first-order chi connectivity index (χ1) is 5.74. The molecule has 0 saturated heterocycles. The van der Waals surface area contributed by atoms with Gasteiger partial charge in [0.05, 0.1) is 0 Å². The Morgan fingerprint density at radius 3 is 2.83 bits per heavy atom. The highest BCUT2D eigenvalue weighted by Gasteiger charge is 2.03. The van der Waals surface area contributed by atoms with Crippen LogP contribution in [0.3, 0.4) is 0 Å². The predicted octanol–water partition coefficient (Wildman–Crippen LogP) is 2.08.